The van der Waals surface area contributed by atoms with E-state index in [1.165, 1.54) is 12.4 Å². The summed E-state index contributed by atoms with van der Waals surface area (Å²) in [5.74, 6) is 0.453. The molecule has 0 aliphatic carbocycles. The van der Waals surface area contributed by atoms with Crippen LogP contribution in [-0.2, 0) is 13.1 Å². The molecule has 0 radical (unpaired) electrons. The zero-order chi connectivity index (χ0) is 13.8. The maximum Gasteiger partial charge on any atom is 0.141 e. The van der Waals surface area contributed by atoms with Crippen molar-refractivity contribution in [1.82, 2.24) is 20.1 Å². The van der Waals surface area contributed by atoms with Gasteiger partial charge in [-0.2, -0.15) is 5.10 Å². The molecule has 1 heterocycles. The topological polar surface area (TPSA) is 42.7 Å². The van der Waals surface area contributed by atoms with Gasteiger partial charge in [0.2, 0.25) is 0 Å². The second-order valence-electron chi connectivity index (χ2n) is 4.61. The number of hydrogen-bond acceptors (Lipinski definition) is 3. The molecule has 102 valence electrons. The van der Waals surface area contributed by atoms with Crippen LogP contribution in [0.5, 0.6) is 0 Å². The largest absolute Gasteiger partial charge is 0.308 e. The highest BCUT2D eigenvalue weighted by atomic mass is 35.5. The van der Waals surface area contributed by atoms with Crippen molar-refractivity contribution in [3.05, 3.63) is 46.8 Å². The number of nitrogens with one attached hydrogen (secondary N) is 1. The summed E-state index contributed by atoms with van der Waals surface area (Å²) in [6.45, 7) is 5.06. The summed E-state index contributed by atoms with van der Waals surface area (Å²) < 4.78 is 15.4. The van der Waals surface area contributed by atoms with E-state index >= 15 is 0 Å². The van der Waals surface area contributed by atoms with Crippen molar-refractivity contribution in [3.8, 4) is 0 Å². The van der Waals surface area contributed by atoms with E-state index in [-0.39, 0.29) is 5.82 Å². The molecule has 1 aromatic carbocycles. The van der Waals surface area contributed by atoms with Gasteiger partial charge in [0.05, 0.1) is 13.1 Å². The third-order valence-electron chi connectivity index (χ3n) is 2.70. The minimum atomic E-state index is -0.328. The fraction of sp³-hybridized carbons (Fsp3) is 0.385. The SMILES string of the molecule is CC(C)NCc1ncnn1Cc1ccc(Cl)cc1F. The average Bonchev–Trinajstić information content (AvgIpc) is 2.77. The number of aromatic nitrogens is 3. The molecule has 0 saturated carbocycles. The highest BCUT2D eigenvalue weighted by molar-refractivity contribution is 6.30. The van der Waals surface area contributed by atoms with Crippen molar-refractivity contribution in [2.45, 2.75) is 33.0 Å². The first-order chi connectivity index (χ1) is 9.06. The van der Waals surface area contributed by atoms with Crippen molar-refractivity contribution in [1.29, 1.82) is 0 Å². The summed E-state index contributed by atoms with van der Waals surface area (Å²) in [5.41, 5.74) is 0.542. The predicted octanol–water partition coefficient (Wildman–Crippen LogP) is 2.62. The molecule has 0 fully saturated rings. The molecule has 0 saturated heterocycles. The van der Waals surface area contributed by atoms with Gasteiger partial charge < -0.3 is 5.32 Å². The highest BCUT2D eigenvalue weighted by Gasteiger charge is 2.09. The van der Waals surface area contributed by atoms with E-state index in [4.69, 9.17) is 11.6 Å². The van der Waals surface area contributed by atoms with Crippen molar-refractivity contribution in [3.63, 3.8) is 0 Å². The molecule has 19 heavy (non-hydrogen) atoms. The van der Waals surface area contributed by atoms with Crippen LogP contribution in [-0.4, -0.2) is 20.8 Å². The molecular formula is C13H16ClFN4. The molecule has 2 aromatic rings. The summed E-state index contributed by atoms with van der Waals surface area (Å²) in [4.78, 5) is 4.17. The van der Waals surface area contributed by atoms with Crippen LogP contribution in [0.15, 0.2) is 24.5 Å². The Balaban J connectivity index is 2.12. The van der Waals surface area contributed by atoms with Crippen LogP contribution in [0.25, 0.3) is 0 Å². The molecule has 0 spiro atoms. The predicted molar refractivity (Wildman–Crippen MR) is 72.5 cm³/mol. The number of benzene rings is 1. The molecular weight excluding hydrogens is 267 g/mol. The molecule has 1 aromatic heterocycles. The second-order valence-corrected chi connectivity index (χ2v) is 5.04. The average molecular weight is 283 g/mol. The van der Waals surface area contributed by atoms with Gasteiger partial charge in [-0.3, -0.25) is 0 Å². The molecule has 4 nitrogen and oxygen atoms in total. The maximum atomic E-state index is 13.7. The molecule has 0 bridgehead atoms. The lowest BCUT2D eigenvalue weighted by atomic mass is 10.2. The Morgan fingerprint density at radius 1 is 1.42 bits per heavy atom. The van der Waals surface area contributed by atoms with E-state index in [2.05, 4.69) is 29.2 Å². The Bertz CT molecular complexity index is 553. The van der Waals surface area contributed by atoms with Crippen molar-refractivity contribution >= 4 is 11.6 Å². The normalized spacial score (nSPS) is 11.2. The number of nitrogens with zero attached hydrogens (tertiary/aromatic N) is 3. The Kier molecular flexibility index (Phi) is 4.50. The lowest BCUT2D eigenvalue weighted by Crippen LogP contribution is -2.24. The first kappa shape index (κ1) is 14.0. The molecule has 0 atom stereocenters. The molecule has 0 aliphatic rings. The lowest BCUT2D eigenvalue weighted by molar-refractivity contribution is 0.528. The van der Waals surface area contributed by atoms with E-state index in [9.17, 15) is 4.39 Å². The van der Waals surface area contributed by atoms with Crippen LogP contribution in [0.4, 0.5) is 4.39 Å². The second kappa shape index (κ2) is 6.12. The molecule has 2 rings (SSSR count). The van der Waals surface area contributed by atoms with E-state index in [1.54, 1.807) is 16.8 Å². The highest BCUT2D eigenvalue weighted by Crippen LogP contribution is 2.15. The van der Waals surface area contributed by atoms with Crippen LogP contribution < -0.4 is 5.32 Å². The van der Waals surface area contributed by atoms with Gasteiger partial charge in [0, 0.05) is 16.6 Å². The molecule has 6 heteroatoms. The fourth-order valence-electron chi connectivity index (χ4n) is 1.66. The van der Waals surface area contributed by atoms with Crippen LogP contribution in [0.1, 0.15) is 25.2 Å². The van der Waals surface area contributed by atoms with Gasteiger partial charge in [-0.1, -0.05) is 31.5 Å². The number of hydrogen-bond donors (Lipinski definition) is 1. The zero-order valence-corrected chi connectivity index (χ0v) is 11.7. The third-order valence-corrected chi connectivity index (χ3v) is 2.93. The molecule has 1 N–H and O–H groups in total. The Morgan fingerprint density at radius 2 is 2.21 bits per heavy atom. The van der Waals surface area contributed by atoms with Crippen molar-refractivity contribution in [2.75, 3.05) is 0 Å². The van der Waals surface area contributed by atoms with Crippen LogP contribution in [0.3, 0.4) is 0 Å². The fourth-order valence-corrected chi connectivity index (χ4v) is 1.82. The minimum absolute atomic E-state index is 0.328. The molecule has 0 aliphatic heterocycles. The summed E-state index contributed by atoms with van der Waals surface area (Å²) in [7, 11) is 0. The Morgan fingerprint density at radius 3 is 2.89 bits per heavy atom. The lowest BCUT2D eigenvalue weighted by Gasteiger charge is -2.10. The number of rotatable bonds is 5. The zero-order valence-electron chi connectivity index (χ0n) is 10.9. The third kappa shape index (κ3) is 3.75. The van der Waals surface area contributed by atoms with E-state index in [1.807, 2.05) is 0 Å². The first-order valence-corrected chi connectivity index (χ1v) is 6.48. The smallest absolute Gasteiger partial charge is 0.141 e. The van der Waals surface area contributed by atoms with E-state index in [0.29, 0.717) is 29.7 Å². The monoisotopic (exact) mass is 282 g/mol. The van der Waals surface area contributed by atoms with Gasteiger partial charge >= 0.3 is 0 Å². The standard InChI is InChI=1S/C13H16ClFN4/c1-9(2)16-6-13-17-8-18-19(13)7-10-3-4-11(14)5-12(10)15/h3-5,8-9,16H,6-7H2,1-2H3. The Hall–Kier alpha value is -1.46. The Labute approximate surface area is 116 Å². The van der Waals surface area contributed by atoms with Gasteiger partial charge in [0.1, 0.15) is 18.0 Å². The van der Waals surface area contributed by atoms with Gasteiger partial charge in [0.15, 0.2) is 0 Å². The minimum Gasteiger partial charge on any atom is -0.308 e. The van der Waals surface area contributed by atoms with Crippen LogP contribution in [0.2, 0.25) is 5.02 Å². The van der Waals surface area contributed by atoms with Gasteiger partial charge in [-0.15, -0.1) is 0 Å². The summed E-state index contributed by atoms with van der Waals surface area (Å²) in [6.07, 6.45) is 1.48. The summed E-state index contributed by atoms with van der Waals surface area (Å²) >= 11 is 5.73. The summed E-state index contributed by atoms with van der Waals surface area (Å²) in [5, 5.41) is 7.77. The molecule has 0 amide bonds. The first-order valence-electron chi connectivity index (χ1n) is 6.10. The van der Waals surface area contributed by atoms with Crippen LogP contribution >= 0.6 is 11.6 Å². The van der Waals surface area contributed by atoms with Crippen molar-refractivity contribution in [2.24, 2.45) is 0 Å². The van der Waals surface area contributed by atoms with E-state index < -0.39 is 0 Å². The van der Waals surface area contributed by atoms with Gasteiger partial charge in [0.25, 0.3) is 0 Å². The quantitative estimate of drug-likeness (QED) is 0.917. The van der Waals surface area contributed by atoms with Crippen LogP contribution in [0, 0.1) is 5.82 Å². The van der Waals surface area contributed by atoms with Gasteiger partial charge in [-0.25, -0.2) is 14.1 Å². The summed E-state index contributed by atoms with van der Waals surface area (Å²) in [6, 6.07) is 5.00. The maximum absolute atomic E-state index is 13.7. The molecule has 0 unspecified atom stereocenters. The number of halogens is 2. The van der Waals surface area contributed by atoms with E-state index in [0.717, 1.165) is 5.82 Å². The van der Waals surface area contributed by atoms with Crippen molar-refractivity contribution < 1.29 is 4.39 Å². The van der Waals surface area contributed by atoms with Gasteiger partial charge in [-0.05, 0) is 12.1 Å².